The van der Waals surface area contributed by atoms with Gasteiger partial charge in [-0.2, -0.15) is 0 Å². The molecule has 3 nitrogen and oxygen atoms in total. The van der Waals surface area contributed by atoms with Crippen LogP contribution < -0.4 is 5.73 Å². The van der Waals surface area contributed by atoms with Crippen LogP contribution in [0.4, 0.5) is 0 Å². The number of nitrogens with two attached hydrogens (primary N) is 1. The van der Waals surface area contributed by atoms with Crippen molar-refractivity contribution in [1.29, 1.82) is 0 Å². The van der Waals surface area contributed by atoms with Gasteiger partial charge in [0, 0.05) is 0 Å². The van der Waals surface area contributed by atoms with Crippen molar-refractivity contribution in [3.63, 3.8) is 0 Å². The highest BCUT2D eigenvalue weighted by atomic mass is 16.3. The molecule has 0 aromatic heterocycles. The lowest BCUT2D eigenvalue weighted by Crippen LogP contribution is -2.48. The third-order valence-corrected chi connectivity index (χ3v) is 2.15. The molecule has 0 bridgehead atoms. The van der Waals surface area contributed by atoms with Gasteiger partial charge in [0.05, 0.1) is 11.0 Å². The number of rotatable bonds is 2. The minimum Gasteiger partial charge on any atom is -0.389 e. The lowest BCUT2D eigenvalue weighted by molar-refractivity contribution is -0.138. The highest BCUT2D eigenvalue weighted by molar-refractivity contribution is 5.81. The van der Waals surface area contributed by atoms with Crippen molar-refractivity contribution >= 4 is 5.91 Å². The van der Waals surface area contributed by atoms with E-state index >= 15 is 0 Å². The van der Waals surface area contributed by atoms with E-state index in [2.05, 4.69) is 0 Å². The van der Waals surface area contributed by atoms with Crippen LogP contribution in [0.1, 0.15) is 27.7 Å². The summed E-state index contributed by atoms with van der Waals surface area (Å²) < 4.78 is 0. The van der Waals surface area contributed by atoms with Crippen molar-refractivity contribution in [3.05, 3.63) is 0 Å². The Bertz CT molecular complexity index is 144. The number of hydrogen-bond donors (Lipinski definition) is 2. The van der Waals surface area contributed by atoms with E-state index in [0.717, 1.165) is 0 Å². The number of hydrogen-bond acceptors (Lipinski definition) is 2. The van der Waals surface area contributed by atoms with Crippen LogP contribution in [0.2, 0.25) is 0 Å². The molecule has 0 atom stereocenters. The van der Waals surface area contributed by atoms with Gasteiger partial charge in [-0.3, -0.25) is 4.79 Å². The van der Waals surface area contributed by atoms with Gasteiger partial charge in [0.15, 0.2) is 0 Å². The fourth-order valence-corrected chi connectivity index (χ4v) is 0.301. The van der Waals surface area contributed by atoms with E-state index in [-0.39, 0.29) is 0 Å². The van der Waals surface area contributed by atoms with Gasteiger partial charge in [0.1, 0.15) is 0 Å². The zero-order chi connectivity index (χ0) is 8.58. The third-order valence-electron chi connectivity index (χ3n) is 2.15. The summed E-state index contributed by atoms with van der Waals surface area (Å²) in [5.41, 5.74) is 3.13. The van der Waals surface area contributed by atoms with Crippen LogP contribution in [0.15, 0.2) is 0 Å². The second-order valence-corrected chi connectivity index (χ2v) is 3.55. The Kier molecular flexibility index (Phi) is 2.11. The Morgan fingerprint density at radius 3 is 1.60 bits per heavy atom. The van der Waals surface area contributed by atoms with Crippen LogP contribution in [-0.2, 0) is 4.79 Å². The smallest absolute Gasteiger partial charge is 0.225 e. The van der Waals surface area contributed by atoms with E-state index in [4.69, 9.17) is 5.73 Å². The molecule has 10 heavy (non-hydrogen) atoms. The summed E-state index contributed by atoms with van der Waals surface area (Å²) in [5.74, 6) is -0.486. The summed E-state index contributed by atoms with van der Waals surface area (Å²) in [6.07, 6.45) is 0. The highest BCUT2D eigenvalue weighted by Crippen LogP contribution is 2.29. The second-order valence-electron chi connectivity index (χ2n) is 3.55. The maximum atomic E-state index is 10.7. The largest absolute Gasteiger partial charge is 0.389 e. The molecule has 0 heterocycles. The first kappa shape index (κ1) is 9.43. The lowest BCUT2D eigenvalue weighted by atomic mass is 9.77. The quantitative estimate of drug-likeness (QED) is 0.585. The van der Waals surface area contributed by atoms with Crippen LogP contribution in [0.25, 0.3) is 0 Å². The molecular formula is C7H15NO2. The van der Waals surface area contributed by atoms with Crippen LogP contribution in [-0.4, -0.2) is 16.6 Å². The van der Waals surface area contributed by atoms with Gasteiger partial charge in [0.25, 0.3) is 0 Å². The van der Waals surface area contributed by atoms with Crippen molar-refractivity contribution in [2.24, 2.45) is 11.1 Å². The molecule has 0 radical (unpaired) electrons. The Labute approximate surface area is 61.2 Å². The summed E-state index contributed by atoms with van der Waals surface area (Å²) in [6, 6.07) is 0. The second kappa shape index (κ2) is 2.23. The van der Waals surface area contributed by atoms with Crippen LogP contribution in [0.3, 0.4) is 0 Å². The molecule has 0 aliphatic heterocycles. The van der Waals surface area contributed by atoms with Gasteiger partial charge in [-0.25, -0.2) is 0 Å². The van der Waals surface area contributed by atoms with Gasteiger partial charge >= 0.3 is 0 Å². The molecule has 1 amide bonds. The van der Waals surface area contributed by atoms with Gasteiger partial charge in [-0.05, 0) is 27.7 Å². The van der Waals surface area contributed by atoms with Crippen LogP contribution >= 0.6 is 0 Å². The summed E-state index contributed by atoms with van der Waals surface area (Å²) in [5, 5.41) is 9.41. The minimum absolute atomic E-state index is 0.486. The molecule has 60 valence electrons. The molecule has 3 heteroatoms. The number of amides is 1. The van der Waals surface area contributed by atoms with Crippen molar-refractivity contribution in [1.82, 2.24) is 0 Å². The average Bonchev–Trinajstić information content (AvgIpc) is 1.62. The number of primary amides is 1. The van der Waals surface area contributed by atoms with E-state index in [9.17, 15) is 9.90 Å². The normalized spacial score (nSPS) is 13.3. The van der Waals surface area contributed by atoms with Gasteiger partial charge < -0.3 is 10.8 Å². The Morgan fingerprint density at radius 2 is 1.60 bits per heavy atom. The molecule has 0 fully saturated rings. The van der Waals surface area contributed by atoms with E-state index < -0.39 is 16.9 Å². The SMILES string of the molecule is CC(C)(O)C(C)(C)C(N)=O. The predicted molar refractivity (Wildman–Crippen MR) is 39.3 cm³/mol. The van der Waals surface area contributed by atoms with Gasteiger partial charge in [0.2, 0.25) is 5.91 Å². The molecule has 0 unspecified atom stereocenters. The molecule has 0 aliphatic carbocycles. The summed E-state index contributed by atoms with van der Waals surface area (Å²) >= 11 is 0. The van der Waals surface area contributed by atoms with Gasteiger partial charge in [-0.1, -0.05) is 0 Å². The fraction of sp³-hybridized carbons (Fsp3) is 0.857. The zero-order valence-corrected chi connectivity index (χ0v) is 6.93. The summed E-state index contributed by atoms with van der Waals surface area (Å²) in [6.45, 7) is 6.38. The van der Waals surface area contributed by atoms with Gasteiger partial charge in [-0.15, -0.1) is 0 Å². The molecular weight excluding hydrogens is 130 g/mol. The Balaban J connectivity index is 4.57. The highest BCUT2D eigenvalue weighted by Gasteiger charge is 2.40. The maximum Gasteiger partial charge on any atom is 0.225 e. The van der Waals surface area contributed by atoms with Crippen LogP contribution in [0.5, 0.6) is 0 Å². The van der Waals surface area contributed by atoms with Crippen molar-refractivity contribution in [3.8, 4) is 0 Å². The van der Waals surface area contributed by atoms with E-state index in [1.165, 1.54) is 0 Å². The molecule has 0 saturated heterocycles. The van der Waals surface area contributed by atoms with Crippen molar-refractivity contribution in [2.45, 2.75) is 33.3 Å². The van der Waals surface area contributed by atoms with E-state index in [1.807, 2.05) is 0 Å². The van der Waals surface area contributed by atoms with E-state index in [0.29, 0.717) is 0 Å². The standard InChI is InChI=1S/C7H15NO2/c1-6(2,5(8)9)7(3,4)10/h10H,1-4H3,(H2,8,9). The first-order chi connectivity index (χ1) is 4.19. The predicted octanol–water partition coefficient (Wildman–Crippen LogP) is 0.269. The molecule has 0 spiro atoms. The first-order valence-electron chi connectivity index (χ1n) is 3.22. The monoisotopic (exact) mass is 145 g/mol. The molecule has 0 rings (SSSR count). The summed E-state index contributed by atoms with van der Waals surface area (Å²) in [7, 11) is 0. The zero-order valence-electron chi connectivity index (χ0n) is 6.93. The minimum atomic E-state index is -1.06. The van der Waals surface area contributed by atoms with Crippen molar-refractivity contribution in [2.75, 3.05) is 0 Å². The molecule has 0 saturated carbocycles. The number of carbonyl (C=O) groups is 1. The number of aliphatic hydroxyl groups is 1. The topological polar surface area (TPSA) is 63.3 Å². The van der Waals surface area contributed by atoms with Crippen molar-refractivity contribution < 1.29 is 9.90 Å². The summed E-state index contributed by atoms with van der Waals surface area (Å²) in [4.78, 5) is 10.7. The molecule has 0 aromatic rings. The number of carbonyl (C=O) groups excluding carboxylic acids is 1. The van der Waals surface area contributed by atoms with E-state index in [1.54, 1.807) is 27.7 Å². The molecule has 0 aromatic carbocycles. The molecule has 3 N–H and O–H groups in total. The first-order valence-corrected chi connectivity index (χ1v) is 3.22. The fourth-order valence-electron chi connectivity index (χ4n) is 0.301. The third kappa shape index (κ3) is 1.48. The Morgan fingerprint density at radius 1 is 1.30 bits per heavy atom. The lowest BCUT2D eigenvalue weighted by Gasteiger charge is -2.33. The Hall–Kier alpha value is -0.570. The van der Waals surface area contributed by atoms with Crippen LogP contribution in [0, 0.1) is 5.41 Å². The average molecular weight is 145 g/mol. The maximum absolute atomic E-state index is 10.7. The molecule has 0 aliphatic rings.